The Morgan fingerprint density at radius 1 is 1.19 bits per heavy atom. The molecule has 3 rings (SSSR count). The molecule has 26 heavy (non-hydrogen) atoms. The Morgan fingerprint density at radius 3 is 2.62 bits per heavy atom. The third kappa shape index (κ3) is 4.55. The predicted octanol–water partition coefficient (Wildman–Crippen LogP) is 2.84. The van der Waals surface area contributed by atoms with Gasteiger partial charge in [0.15, 0.2) is 0 Å². The Hall–Kier alpha value is -2.52. The molecule has 2 heterocycles. The number of nitrogens with zero attached hydrogens (tertiary/aromatic N) is 4. The van der Waals surface area contributed by atoms with Gasteiger partial charge in [-0.3, -0.25) is 4.79 Å². The molecule has 1 aromatic heterocycles. The van der Waals surface area contributed by atoms with E-state index in [9.17, 15) is 10.1 Å². The third-order valence-corrected chi connectivity index (χ3v) is 5.44. The van der Waals surface area contributed by atoms with Gasteiger partial charge < -0.3 is 9.80 Å². The molecule has 2 aromatic rings. The molecule has 1 saturated heterocycles. The number of rotatable bonds is 5. The fraction of sp³-hybridized carbons (Fsp3) is 0.350. The number of aromatic nitrogens is 1. The van der Waals surface area contributed by atoms with Gasteiger partial charge in [-0.05, 0) is 24.6 Å². The van der Waals surface area contributed by atoms with E-state index in [2.05, 4.69) is 47.1 Å². The zero-order valence-corrected chi connectivity index (χ0v) is 15.7. The van der Waals surface area contributed by atoms with Crippen molar-refractivity contribution in [2.45, 2.75) is 12.7 Å². The van der Waals surface area contributed by atoms with E-state index < -0.39 is 0 Å². The van der Waals surface area contributed by atoms with Crippen LogP contribution in [0.4, 0.5) is 5.82 Å². The summed E-state index contributed by atoms with van der Waals surface area (Å²) in [7, 11) is 0. The Bertz CT molecular complexity index is 792. The average Bonchev–Trinajstić information content (AvgIpc) is 2.69. The van der Waals surface area contributed by atoms with Crippen molar-refractivity contribution in [3.8, 4) is 6.07 Å². The van der Waals surface area contributed by atoms with Gasteiger partial charge in [0.25, 0.3) is 0 Å². The maximum Gasteiger partial charge on any atom is 0.232 e. The van der Waals surface area contributed by atoms with Gasteiger partial charge in [-0.1, -0.05) is 29.8 Å². The van der Waals surface area contributed by atoms with E-state index in [4.69, 9.17) is 0 Å². The maximum absolute atomic E-state index is 12.4. The largest absolute Gasteiger partial charge is 0.352 e. The number of anilines is 1. The summed E-state index contributed by atoms with van der Waals surface area (Å²) >= 11 is 1.66. The topological polar surface area (TPSA) is 60.2 Å². The summed E-state index contributed by atoms with van der Waals surface area (Å²) in [6.45, 7) is 4.83. The minimum atomic E-state index is 0.184. The molecule has 6 heteroatoms. The summed E-state index contributed by atoms with van der Waals surface area (Å²) in [5.41, 5.74) is 3.08. The summed E-state index contributed by atoms with van der Waals surface area (Å²) in [6, 6.07) is 14.2. The van der Waals surface area contributed by atoms with E-state index in [1.54, 1.807) is 30.1 Å². The lowest BCUT2D eigenvalue weighted by molar-refractivity contribution is -0.128. The number of pyridine rings is 1. The fourth-order valence-electron chi connectivity index (χ4n) is 2.94. The lowest BCUT2D eigenvalue weighted by atomic mass is 10.2. The van der Waals surface area contributed by atoms with Gasteiger partial charge in [-0.25, -0.2) is 4.98 Å². The summed E-state index contributed by atoms with van der Waals surface area (Å²) in [4.78, 5) is 20.8. The highest BCUT2D eigenvalue weighted by Gasteiger charge is 2.23. The highest BCUT2D eigenvalue weighted by molar-refractivity contribution is 7.99. The lowest BCUT2D eigenvalue weighted by Gasteiger charge is -2.35. The van der Waals surface area contributed by atoms with Crippen LogP contribution in [-0.2, 0) is 10.5 Å². The highest BCUT2D eigenvalue weighted by Crippen LogP contribution is 2.19. The minimum absolute atomic E-state index is 0.184. The lowest BCUT2D eigenvalue weighted by Crippen LogP contribution is -2.49. The van der Waals surface area contributed by atoms with Crippen LogP contribution in [0.5, 0.6) is 0 Å². The molecule has 1 aliphatic heterocycles. The van der Waals surface area contributed by atoms with Crippen LogP contribution >= 0.6 is 11.8 Å². The maximum atomic E-state index is 12.4. The van der Waals surface area contributed by atoms with Gasteiger partial charge in [0.2, 0.25) is 5.91 Å². The normalized spacial score (nSPS) is 14.2. The molecule has 1 aliphatic rings. The van der Waals surface area contributed by atoms with Crippen LogP contribution in [0, 0.1) is 18.3 Å². The Kier molecular flexibility index (Phi) is 6.13. The van der Waals surface area contributed by atoms with Crippen LogP contribution in [-0.4, -0.2) is 47.7 Å². The van der Waals surface area contributed by atoms with Crippen molar-refractivity contribution in [2.75, 3.05) is 36.8 Å². The molecule has 0 aliphatic carbocycles. The van der Waals surface area contributed by atoms with Crippen molar-refractivity contribution in [2.24, 2.45) is 0 Å². The standard InChI is InChI=1S/C20H22N4OS/c1-16-4-6-17(7-5-16)14-26-15-19(25)23-9-11-24(12-10-23)20-18(13-21)3-2-8-22-20/h2-8H,9-12,14-15H2,1H3. The van der Waals surface area contributed by atoms with Gasteiger partial charge in [-0.2, -0.15) is 5.26 Å². The summed E-state index contributed by atoms with van der Waals surface area (Å²) in [6.07, 6.45) is 1.70. The second-order valence-electron chi connectivity index (χ2n) is 6.33. The number of nitriles is 1. The fourth-order valence-corrected chi connectivity index (χ4v) is 3.82. The van der Waals surface area contributed by atoms with Gasteiger partial charge >= 0.3 is 0 Å². The molecule has 5 nitrogen and oxygen atoms in total. The first kappa shape index (κ1) is 18.3. The van der Waals surface area contributed by atoms with Crippen LogP contribution in [0.2, 0.25) is 0 Å². The SMILES string of the molecule is Cc1ccc(CSCC(=O)N2CCN(c3ncccc3C#N)CC2)cc1. The number of piperazine rings is 1. The van der Waals surface area contributed by atoms with Gasteiger partial charge in [0, 0.05) is 38.1 Å². The van der Waals surface area contributed by atoms with Crippen molar-refractivity contribution in [3.63, 3.8) is 0 Å². The van der Waals surface area contributed by atoms with Gasteiger partial charge in [0.1, 0.15) is 11.9 Å². The first-order chi connectivity index (χ1) is 12.7. The first-order valence-electron chi connectivity index (χ1n) is 8.68. The van der Waals surface area contributed by atoms with E-state index in [1.165, 1.54) is 11.1 Å². The average molecular weight is 366 g/mol. The highest BCUT2D eigenvalue weighted by atomic mass is 32.2. The summed E-state index contributed by atoms with van der Waals surface area (Å²) in [5, 5.41) is 9.21. The molecule has 0 radical (unpaired) electrons. The number of amides is 1. The van der Waals surface area contributed by atoms with Gasteiger partial charge in [0.05, 0.1) is 11.3 Å². The number of hydrogen-bond acceptors (Lipinski definition) is 5. The molecular weight excluding hydrogens is 344 g/mol. The first-order valence-corrected chi connectivity index (χ1v) is 9.84. The van der Waals surface area contributed by atoms with Crippen molar-refractivity contribution >= 4 is 23.5 Å². The third-order valence-electron chi connectivity index (χ3n) is 4.45. The molecule has 0 atom stereocenters. The van der Waals surface area contributed by atoms with Crippen LogP contribution in [0.25, 0.3) is 0 Å². The van der Waals surface area contributed by atoms with E-state index >= 15 is 0 Å². The number of carbonyl (C=O) groups is 1. The molecule has 1 amide bonds. The molecule has 0 saturated carbocycles. The zero-order chi connectivity index (χ0) is 18.4. The quantitative estimate of drug-likeness (QED) is 0.814. The monoisotopic (exact) mass is 366 g/mol. The zero-order valence-electron chi connectivity index (χ0n) is 14.9. The van der Waals surface area contributed by atoms with E-state index in [1.807, 2.05) is 4.90 Å². The van der Waals surface area contributed by atoms with E-state index in [0.29, 0.717) is 37.5 Å². The predicted molar refractivity (Wildman–Crippen MR) is 105 cm³/mol. The Morgan fingerprint density at radius 2 is 1.92 bits per heavy atom. The summed E-state index contributed by atoms with van der Waals surface area (Å²) < 4.78 is 0. The molecule has 0 unspecified atom stereocenters. The number of thioether (sulfide) groups is 1. The van der Waals surface area contributed by atoms with E-state index in [-0.39, 0.29) is 5.91 Å². The molecular formula is C20H22N4OS. The Labute approximate surface area is 158 Å². The van der Waals surface area contributed by atoms with Crippen LogP contribution in [0.3, 0.4) is 0 Å². The van der Waals surface area contributed by atoms with Crippen molar-refractivity contribution < 1.29 is 4.79 Å². The number of carbonyl (C=O) groups excluding carboxylic acids is 1. The van der Waals surface area contributed by atoms with Crippen molar-refractivity contribution in [1.29, 1.82) is 5.26 Å². The second kappa shape index (κ2) is 8.72. The van der Waals surface area contributed by atoms with Crippen LogP contribution in [0.15, 0.2) is 42.6 Å². The number of hydrogen-bond donors (Lipinski definition) is 0. The number of benzene rings is 1. The summed E-state index contributed by atoms with van der Waals surface area (Å²) in [5.74, 6) is 2.26. The minimum Gasteiger partial charge on any atom is -0.352 e. The molecule has 0 N–H and O–H groups in total. The number of aryl methyl sites for hydroxylation is 1. The molecule has 1 aromatic carbocycles. The second-order valence-corrected chi connectivity index (χ2v) is 7.32. The molecule has 0 spiro atoms. The molecule has 0 bridgehead atoms. The van der Waals surface area contributed by atoms with Crippen molar-refractivity contribution in [3.05, 3.63) is 59.3 Å². The Balaban J connectivity index is 1.46. The van der Waals surface area contributed by atoms with Gasteiger partial charge in [-0.15, -0.1) is 11.8 Å². The molecule has 134 valence electrons. The van der Waals surface area contributed by atoms with E-state index in [0.717, 1.165) is 11.6 Å². The van der Waals surface area contributed by atoms with Crippen LogP contribution in [0.1, 0.15) is 16.7 Å². The molecule has 1 fully saturated rings. The smallest absolute Gasteiger partial charge is 0.232 e. The van der Waals surface area contributed by atoms with Crippen molar-refractivity contribution in [1.82, 2.24) is 9.88 Å². The van der Waals surface area contributed by atoms with Crippen LogP contribution < -0.4 is 4.90 Å².